The molecule has 2 rings (SSSR count). The number of benzene rings is 1. The van der Waals surface area contributed by atoms with Gasteiger partial charge in [0.15, 0.2) is 0 Å². The van der Waals surface area contributed by atoms with E-state index in [-0.39, 0.29) is 12.1 Å². The van der Waals surface area contributed by atoms with Crippen molar-refractivity contribution in [3.8, 4) is 0 Å². The van der Waals surface area contributed by atoms with Crippen molar-refractivity contribution in [2.24, 2.45) is 0 Å². The van der Waals surface area contributed by atoms with Crippen molar-refractivity contribution >= 4 is 18.6 Å². The van der Waals surface area contributed by atoms with Gasteiger partial charge < -0.3 is 9.47 Å². The van der Waals surface area contributed by atoms with Gasteiger partial charge in [-0.25, -0.2) is 4.79 Å². The summed E-state index contributed by atoms with van der Waals surface area (Å²) in [5.74, 6) is -0.299. The summed E-state index contributed by atoms with van der Waals surface area (Å²) in [7, 11) is 0. The van der Waals surface area contributed by atoms with Crippen LogP contribution in [0.1, 0.15) is 29.6 Å². The van der Waals surface area contributed by atoms with E-state index in [1.165, 1.54) is 0 Å². The first-order valence-corrected chi connectivity index (χ1v) is 6.28. The monoisotopic (exact) mass is 252 g/mol. The van der Waals surface area contributed by atoms with E-state index in [9.17, 15) is 4.79 Å². The van der Waals surface area contributed by atoms with Crippen molar-refractivity contribution < 1.29 is 14.3 Å². The van der Waals surface area contributed by atoms with Gasteiger partial charge in [-0.2, -0.15) is 0 Å². The summed E-state index contributed by atoms with van der Waals surface area (Å²) in [5, 5.41) is 0. The van der Waals surface area contributed by atoms with Gasteiger partial charge in [-0.05, 0) is 43.5 Å². The zero-order valence-electron chi connectivity index (χ0n) is 9.59. The van der Waals surface area contributed by atoms with Crippen LogP contribution in [-0.2, 0) is 9.47 Å². The molecule has 0 N–H and O–H groups in total. The molecule has 4 heteroatoms. The highest BCUT2D eigenvalue weighted by molar-refractivity contribution is 7.80. The SMILES string of the molecule is O=C(OCC1CCCCO1)c1ccc(S)cc1. The minimum Gasteiger partial charge on any atom is -0.459 e. The fourth-order valence-corrected chi connectivity index (χ4v) is 1.94. The first-order valence-electron chi connectivity index (χ1n) is 5.83. The first kappa shape index (κ1) is 12.5. The van der Waals surface area contributed by atoms with Crippen LogP contribution in [-0.4, -0.2) is 25.3 Å². The van der Waals surface area contributed by atoms with Crippen LogP contribution >= 0.6 is 12.6 Å². The van der Waals surface area contributed by atoms with Gasteiger partial charge in [0, 0.05) is 11.5 Å². The number of carbonyl (C=O) groups is 1. The van der Waals surface area contributed by atoms with E-state index in [0.717, 1.165) is 30.8 Å². The highest BCUT2D eigenvalue weighted by Gasteiger charge is 2.16. The number of esters is 1. The maximum Gasteiger partial charge on any atom is 0.338 e. The molecule has 1 aromatic rings. The van der Waals surface area contributed by atoms with E-state index in [1.54, 1.807) is 24.3 Å². The molecule has 1 aliphatic rings. The normalized spacial score (nSPS) is 19.9. The second kappa shape index (κ2) is 6.07. The smallest absolute Gasteiger partial charge is 0.338 e. The summed E-state index contributed by atoms with van der Waals surface area (Å²) in [6.07, 6.45) is 3.30. The summed E-state index contributed by atoms with van der Waals surface area (Å²) in [5.41, 5.74) is 0.554. The third-order valence-electron chi connectivity index (χ3n) is 2.78. The predicted octanol–water partition coefficient (Wildman–Crippen LogP) is 2.70. The topological polar surface area (TPSA) is 35.5 Å². The summed E-state index contributed by atoms with van der Waals surface area (Å²) < 4.78 is 10.7. The van der Waals surface area contributed by atoms with Crippen LogP contribution in [0.4, 0.5) is 0 Å². The molecule has 1 unspecified atom stereocenters. The van der Waals surface area contributed by atoms with Crippen LogP contribution in [0.5, 0.6) is 0 Å². The molecule has 1 saturated heterocycles. The molecule has 0 saturated carbocycles. The molecule has 0 amide bonds. The predicted molar refractivity (Wildman–Crippen MR) is 67.6 cm³/mol. The molecule has 1 atom stereocenters. The van der Waals surface area contributed by atoms with Crippen molar-refractivity contribution in [2.45, 2.75) is 30.3 Å². The molecule has 0 radical (unpaired) electrons. The Balaban J connectivity index is 1.82. The van der Waals surface area contributed by atoms with E-state index in [0.29, 0.717) is 12.2 Å². The Bertz CT molecular complexity index is 369. The van der Waals surface area contributed by atoms with E-state index < -0.39 is 0 Å². The van der Waals surface area contributed by atoms with Crippen molar-refractivity contribution in [2.75, 3.05) is 13.2 Å². The van der Waals surface area contributed by atoms with Gasteiger partial charge >= 0.3 is 5.97 Å². The average molecular weight is 252 g/mol. The van der Waals surface area contributed by atoms with Gasteiger partial charge in [0.2, 0.25) is 0 Å². The number of thiol groups is 1. The highest BCUT2D eigenvalue weighted by Crippen LogP contribution is 2.14. The highest BCUT2D eigenvalue weighted by atomic mass is 32.1. The minimum atomic E-state index is -0.299. The zero-order chi connectivity index (χ0) is 12.1. The van der Waals surface area contributed by atoms with Gasteiger partial charge in [0.25, 0.3) is 0 Å². The number of carbonyl (C=O) groups excluding carboxylic acids is 1. The Morgan fingerprint density at radius 1 is 1.35 bits per heavy atom. The van der Waals surface area contributed by atoms with Crippen molar-refractivity contribution in [1.82, 2.24) is 0 Å². The molecule has 0 spiro atoms. The standard InChI is InChI=1S/C13H16O3S/c14-13(10-4-6-12(17)7-5-10)16-9-11-3-1-2-8-15-11/h4-7,11,17H,1-3,8-9H2. The molecule has 1 fully saturated rings. The van der Waals surface area contributed by atoms with Gasteiger partial charge in [-0.3, -0.25) is 0 Å². The largest absolute Gasteiger partial charge is 0.459 e. The second-order valence-corrected chi connectivity index (χ2v) is 4.65. The Kier molecular flexibility index (Phi) is 4.45. The average Bonchev–Trinajstić information content (AvgIpc) is 2.38. The lowest BCUT2D eigenvalue weighted by Crippen LogP contribution is -2.25. The fraction of sp³-hybridized carbons (Fsp3) is 0.462. The molecule has 0 aromatic heterocycles. The van der Waals surface area contributed by atoms with Gasteiger partial charge in [0.1, 0.15) is 6.61 Å². The molecule has 1 heterocycles. The molecule has 0 aliphatic carbocycles. The lowest BCUT2D eigenvalue weighted by Gasteiger charge is -2.22. The summed E-state index contributed by atoms with van der Waals surface area (Å²) in [6, 6.07) is 6.98. The van der Waals surface area contributed by atoms with Gasteiger partial charge in [-0.15, -0.1) is 12.6 Å². The summed E-state index contributed by atoms with van der Waals surface area (Å²) in [4.78, 5) is 12.5. The van der Waals surface area contributed by atoms with Crippen molar-refractivity contribution in [3.05, 3.63) is 29.8 Å². The molecular weight excluding hydrogens is 236 g/mol. The third-order valence-corrected chi connectivity index (χ3v) is 3.08. The summed E-state index contributed by atoms with van der Waals surface area (Å²) in [6.45, 7) is 1.12. The van der Waals surface area contributed by atoms with E-state index in [4.69, 9.17) is 9.47 Å². The Hall–Kier alpha value is -1.00. The quantitative estimate of drug-likeness (QED) is 0.663. The van der Waals surface area contributed by atoms with Crippen LogP contribution < -0.4 is 0 Å². The van der Waals surface area contributed by atoms with Crippen LogP contribution in [0.15, 0.2) is 29.2 Å². The molecular formula is C13H16O3S. The van der Waals surface area contributed by atoms with Gasteiger partial charge in [0.05, 0.1) is 11.7 Å². The van der Waals surface area contributed by atoms with Crippen LogP contribution in [0.25, 0.3) is 0 Å². The molecule has 3 nitrogen and oxygen atoms in total. The Morgan fingerprint density at radius 3 is 2.76 bits per heavy atom. The lowest BCUT2D eigenvalue weighted by molar-refractivity contribution is -0.0300. The third kappa shape index (κ3) is 3.75. The first-order chi connectivity index (χ1) is 8.25. The summed E-state index contributed by atoms with van der Waals surface area (Å²) >= 11 is 4.16. The number of ether oxygens (including phenoxy) is 2. The molecule has 0 bridgehead atoms. The fourth-order valence-electron chi connectivity index (χ4n) is 1.79. The number of hydrogen-bond acceptors (Lipinski definition) is 4. The molecule has 1 aliphatic heterocycles. The molecule has 1 aromatic carbocycles. The van der Waals surface area contributed by atoms with Gasteiger partial charge in [-0.1, -0.05) is 0 Å². The minimum absolute atomic E-state index is 0.0665. The van der Waals surface area contributed by atoms with E-state index in [1.807, 2.05) is 0 Å². The van der Waals surface area contributed by atoms with E-state index >= 15 is 0 Å². The van der Waals surface area contributed by atoms with Crippen molar-refractivity contribution in [3.63, 3.8) is 0 Å². The number of hydrogen-bond donors (Lipinski definition) is 1. The molecule has 17 heavy (non-hydrogen) atoms. The molecule has 92 valence electrons. The number of rotatable bonds is 3. The zero-order valence-corrected chi connectivity index (χ0v) is 10.5. The maximum absolute atomic E-state index is 11.7. The van der Waals surface area contributed by atoms with Crippen LogP contribution in [0.2, 0.25) is 0 Å². The van der Waals surface area contributed by atoms with E-state index in [2.05, 4.69) is 12.6 Å². The maximum atomic E-state index is 11.7. The van der Waals surface area contributed by atoms with Crippen LogP contribution in [0, 0.1) is 0 Å². The van der Waals surface area contributed by atoms with Crippen LogP contribution in [0.3, 0.4) is 0 Å². The lowest BCUT2D eigenvalue weighted by atomic mass is 10.1. The second-order valence-electron chi connectivity index (χ2n) is 4.13. The Morgan fingerprint density at radius 2 is 2.12 bits per heavy atom. The Labute approximate surface area is 107 Å². The van der Waals surface area contributed by atoms with Crippen molar-refractivity contribution in [1.29, 1.82) is 0 Å².